The van der Waals surface area contributed by atoms with Crippen molar-refractivity contribution in [3.63, 3.8) is 0 Å². The molecule has 0 radical (unpaired) electrons. The van der Waals surface area contributed by atoms with Gasteiger partial charge < -0.3 is 19.4 Å². The topological polar surface area (TPSA) is 110 Å². The minimum Gasteiger partial charge on any atom is -0.487 e. The Morgan fingerprint density at radius 3 is 2.59 bits per heavy atom. The smallest absolute Gasteiger partial charge is 0.340 e. The Labute approximate surface area is 154 Å². The fourth-order valence-electron chi connectivity index (χ4n) is 2.93. The van der Waals surface area contributed by atoms with Gasteiger partial charge in [0.1, 0.15) is 17.9 Å². The number of aryl methyl sites for hydroxylation is 2. The zero-order valence-electron chi connectivity index (χ0n) is 15.0. The summed E-state index contributed by atoms with van der Waals surface area (Å²) in [6, 6.07) is 8.80. The van der Waals surface area contributed by atoms with Crippen LogP contribution in [0.1, 0.15) is 28.1 Å². The van der Waals surface area contributed by atoms with Gasteiger partial charge in [-0.05, 0) is 43.7 Å². The van der Waals surface area contributed by atoms with Gasteiger partial charge in [0.25, 0.3) is 0 Å². The second-order valence-corrected chi connectivity index (χ2v) is 6.20. The van der Waals surface area contributed by atoms with Gasteiger partial charge >= 0.3 is 11.6 Å². The van der Waals surface area contributed by atoms with Crippen molar-refractivity contribution in [3.8, 4) is 5.75 Å². The number of aliphatic hydroxyl groups is 1. The van der Waals surface area contributed by atoms with Crippen LogP contribution in [0, 0.1) is 13.8 Å². The number of pyridine rings is 1. The van der Waals surface area contributed by atoms with Crippen LogP contribution in [0.15, 0.2) is 39.5 Å². The lowest BCUT2D eigenvalue weighted by atomic mass is 10.0. The summed E-state index contributed by atoms with van der Waals surface area (Å²) >= 11 is 0. The Bertz CT molecular complexity index is 1070. The Balaban J connectivity index is 1.95. The minimum atomic E-state index is -1.08. The monoisotopic (exact) mass is 369 g/mol. The number of carboxylic acid groups (broad SMARTS) is 1. The van der Waals surface area contributed by atoms with Crippen LogP contribution in [0.5, 0.6) is 5.75 Å². The molecule has 0 saturated heterocycles. The van der Waals surface area contributed by atoms with E-state index in [2.05, 4.69) is 4.98 Å². The predicted octanol–water partition coefficient (Wildman–Crippen LogP) is 2.50. The summed E-state index contributed by atoms with van der Waals surface area (Å²) in [5.74, 6) is -0.550. The predicted molar refractivity (Wildman–Crippen MR) is 97.8 cm³/mol. The van der Waals surface area contributed by atoms with Crippen LogP contribution >= 0.6 is 0 Å². The second-order valence-electron chi connectivity index (χ2n) is 6.20. The van der Waals surface area contributed by atoms with Gasteiger partial charge in [-0.15, -0.1) is 0 Å². The van der Waals surface area contributed by atoms with Gasteiger partial charge in [0.15, 0.2) is 0 Å². The molecule has 2 heterocycles. The number of hydrogen-bond acceptors (Lipinski definition) is 6. The molecule has 0 fully saturated rings. The van der Waals surface area contributed by atoms with Crippen molar-refractivity contribution in [1.29, 1.82) is 0 Å². The van der Waals surface area contributed by atoms with Gasteiger partial charge in [-0.3, -0.25) is 9.78 Å². The van der Waals surface area contributed by atoms with E-state index in [4.69, 9.17) is 19.4 Å². The third-order valence-corrected chi connectivity index (χ3v) is 4.38. The molecule has 7 nitrogen and oxygen atoms in total. The molecule has 27 heavy (non-hydrogen) atoms. The molecule has 0 saturated carbocycles. The maximum absolute atomic E-state index is 12.2. The van der Waals surface area contributed by atoms with E-state index in [0.29, 0.717) is 39.2 Å². The van der Waals surface area contributed by atoms with E-state index in [9.17, 15) is 9.59 Å². The van der Waals surface area contributed by atoms with Gasteiger partial charge in [-0.25, -0.2) is 4.79 Å². The lowest BCUT2D eigenvalue weighted by Gasteiger charge is -2.13. The number of fused-ring (bicyclic) bond motifs is 1. The Kier molecular flexibility index (Phi) is 5.23. The first-order valence-electron chi connectivity index (χ1n) is 8.37. The molecule has 0 amide bonds. The number of nitrogens with zero attached hydrogens (tertiary/aromatic N) is 1. The van der Waals surface area contributed by atoms with Crippen LogP contribution in [0.2, 0.25) is 0 Å². The molecule has 0 spiro atoms. The summed E-state index contributed by atoms with van der Waals surface area (Å²) in [5, 5.41) is 18.8. The maximum Gasteiger partial charge on any atom is 0.340 e. The van der Waals surface area contributed by atoms with E-state index in [1.165, 1.54) is 0 Å². The minimum absolute atomic E-state index is 0.146. The lowest BCUT2D eigenvalue weighted by molar-refractivity contribution is -0.136. The first-order valence-corrected chi connectivity index (χ1v) is 8.37. The van der Waals surface area contributed by atoms with Crippen LogP contribution < -0.4 is 10.4 Å². The highest BCUT2D eigenvalue weighted by Gasteiger charge is 2.17. The van der Waals surface area contributed by atoms with Crippen LogP contribution in [-0.2, 0) is 24.4 Å². The number of aliphatic carboxylic acids is 1. The largest absolute Gasteiger partial charge is 0.487 e. The van der Waals surface area contributed by atoms with Crippen molar-refractivity contribution in [2.24, 2.45) is 0 Å². The number of hydrogen-bond donors (Lipinski definition) is 2. The molecule has 0 aliphatic carbocycles. The number of carbonyl (C=O) groups is 1. The SMILES string of the molecule is Cc1c(CC(=O)O)c(=O)oc2c(C)c(OCc3cccc(CO)n3)ccc12. The van der Waals surface area contributed by atoms with E-state index in [-0.39, 0.29) is 25.2 Å². The van der Waals surface area contributed by atoms with Crippen molar-refractivity contribution >= 4 is 16.9 Å². The van der Waals surface area contributed by atoms with Crippen molar-refractivity contribution in [2.75, 3.05) is 0 Å². The Morgan fingerprint density at radius 2 is 1.89 bits per heavy atom. The molecule has 7 heteroatoms. The number of carboxylic acids is 1. The molecular formula is C20H19NO6. The first kappa shape index (κ1) is 18.6. The maximum atomic E-state index is 12.2. The zero-order chi connectivity index (χ0) is 19.6. The highest BCUT2D eigenvalue weighted by atomic mass is 16.5. The molecule has 0 atom stereocenters. The molecule has 0 unspecified atom stereocenters. The van der Waals surface area contributed by atoms with Gasteiger partial charge in [0.2, 0.25) is 0 Å². The summed E-state index contributed by atoms with van der Waals surface area (Å²) < 4.78 is 11.2. The molecule has 2 aromatic heterocycles. The fraction of sp³-hybridized carbons (Fsp3) is 0.250. The summed E-state index contributed by atoms with van der Waals surface area (Å²) in [6.45, 7) is 3.53. The molecule has 3 rings (SSSR count). The van der Waals surface area contributed by atoms with Crippen LogP contribution in [0.3, 0.4) is 0 Å². The van der Waals surface area contributed by atoms with Crippen molar-refractivity contribution in [3.05, 3.63) is 68.8 Å². The third-order valence-electron chi connectivity index (χ3n) is 4.38. The molecule has 0 aliphatic heterocycles. The number of aliphatic hydroxyl groups excluding tert-OH is 1. The molecule has 140 valence electrons. The fourth-order valence-corrected chi connectivity index (χ4v) is 2.93. The highest BCUT2D eigenvalue weighted by molar-refractivity contribution is 5.86. The summed E-state index contributed by atoms with van der Waals surface area (Å²) in [4.78, 5) is 27.4. The molecule has 2 N–H and O–H groups in total. The summed E-state index contributed by atoms with van der Waals surface area (Å²) in [5.41, 5.74) is 2.33. The van der Waals surface area contributed by atoms with Crippen LogP contribution in [-0.4, -0.2) is 21.2 Å². The van der Waals surface area contributed by atoms with E-state index in [1.807, 2.05) is 0 Å². The Hall–Kier alpha value is -3.19. The first-order chi connectivity index (χ1) is 12.9. The Morgan fingerprint density at radius 1 is 1.15 bits per heavy atom. The standard InChI is InChI=1S/C20H19NO6/c1-11-15-6-7-17(26-10-14-5-3-4-13(9-22)21-14)12(2)19(15)27-20(25)16(11)8-18(23)24/h3-7,22H,8-10H2,1-2H3,(H,23,24). The average Bonchev–Trinajstić information content (AvgIpc) is 2.65. The molecule has 0 bridgehead atoms. The molecule has 3 aromatic rings. The molecular weight excluding hydrogens is 350 g/mol. The van der Waals surface area contributed by atoms with Crippen molar-refractivity contribution in [1.82, 2.24) is 4.98 Å². The number of benzene rings is 1. The van der Waals surface area contributed by atoms with Crippen molar-refractivity contribution in [2.45, 2.75) is 33.5 Å². The quantitative estimate of drug-likeness (QED) is 0.642. The average molecular weight is 369 g/mol. The summed E-state index contributed by atoms with van der Waals surface area (Å²) in [7, 11) is 0. The number of ether oxygens (including phenoxy) is 1. The summed E-state index contributed by atoms with van der Waals surface area (Å²) in [6.07, 6.45) is -0.381. The van der Waals surface area contributed by atoms with Crippen molar-refractivity contribution < 1.29 is 24.2 Å². The normalized spacial score (nSPS) is 10.9. The number of aromatic nitrogens is 1. The van der Waals surface area contributed by atoms with Gasteiger partial charge in [0.05, 0.1) is 30.0 Å². The van der Waals surface area contributed by atoms with Gasteiger partial charge in [0, 0.05) is 10.9 Å². The van der Waals surface area contributed by atoms with E-state index in [1.54, 1.807) is 44.2 Å². The lowest BCUT2D eigenvalue weighted by Crippen LogP contribution is -2.15. The van der Waals surface area contributed by atoms with Gasteiger partial charge in [-0.1, -0.05) is 6.07 Å². The van der Waals surface area contributed by atoms with Gasteiger partial charge in [-0.2, -0.15) is 0 Å². The van der Waals surface area contributed by atoms with Crippen LogP contribution in [0.4, 0.5) is 0 Å². The van der Waals surface area contributed by atoms with Crippen LogP contribution in [0.25, 0.3) is 11.0 Å². The third kappa shape index (κ3) is 3.83. The number of rotatable bonds is 6. The molecule has 0 aliphatic rings. The second kappa shape index (κ2) is 7.59. The van der Waals surface area contributed by atoms with E-state index >= 15 is 0 Å². The van der Waals surface area contributed by atoms with E-state index < -0.39 is 11.6 Å². The highest BCUT2D eigenvalue weighted by Crippen LogP contribution is 2.30. The van der Waals surface area contributed by atoms with E-state index in [0.717, 1.165) is 0 Å². The molecule has 1 aromatic carbocycles. The zero-order valence-corrected chi connectivity index (χ0v) is 15.0.